The quantitative estimate of drug-likeness (QED) is 0.499. The molecular formula is C27H27N5O2. The molecule has 7 nitrogen and oxygen atoms in total. The van der Waals surface area contributed by atoms with E-state index in [-0.39, 0.29) is 18.0 Å². The second-order valence-electron chi connectivity index (χ2n) is 8.80. The van der Waals surface area contributed by atoms with Crippen molar-refractivity contribution in [3.05, 3.63) is 72.7 Å². The Morgan fingerprint density at radius 2 is 1.74 bits per heavy atom. The van der Waals surface area contributed by atoms with E-state index in [9.17, 15) is 4.79 Å². The van der Waals surface area contributed by atoms with Crippen LogP contribution < -0.4 is 10.1 Å². The number of pyridine rings is 1. The number of nitrogens with one attached hydrogen (secondary N) is 1. The summed E-state index contributed by atoms with van der Waals surface area (Å²) in [6.45, 7) is 5.61. The molecule has 0 saturated carbocycles. The minimum absolute atomic E-state index is 0.0467. The van der Waals surface area contributed by atoms with Crippen LogP contribution in [-0.2, 0) is 0 Å². The molecule has 34 heavy (non-hydrogen) atoms. The zero-order chi connectivity index (χ0) is 23.7. The van der Waals surface area contributed by atoms with Gasteiger partial charge < -0.3 is 15.0 Å². The maximum absolute atomic E-state index is 13.3. The molecule has 1 N–H and O–H groups in total. The van der Waals surface area contributed by atoms with Crippen molar-refractivity contribution < 1.29 is 9.53 Å². The summed E-state index contributed by atoms with van der Waals surface area (Å²) in [5.41, 5.74) is 5.18. The second kappa shape index (κ2) is 9.19. The summed E-state index contributed by atoms with van der Waals surface area (Å²) in [5, 5.41) is 4.40. The van der Waals surface area contributed by atoms with E-state index in [4.69, 9.17) is 4.74 Å². The number of benzene rings is 2. The van der Waals surface area contributed by atoms with Crippen molar-refractivity contribution in [2.24, 2.45) is 0 Å². The van der Waals surface area contributed by atoms with E-state index in [1.807, 2.05) is 53.4 Å². The zero-order valence-corrected chi connectivity index (χ0v) is 19.5. The largest absolute Gasteiger partial charge is 0.481 e. The van der Waals surface area contributed by atoms with Crippen molar-refractivity contribution in [1.82, 2.24) is 25.2 Å². The molecule has 0 spiro atoms. The summed E-state index contributed by atoms with van der Waals surface area (Å²) in [7, 11) is 1.60. The van der Waals surface area contributed by atoms with Gasteiger partial charge in [-0.05, 0) is 49.7 Å². The molecular weight excluding hydrogens is 426 g/mol. The Bertz CT molecular complexity index is 1330. The molecule has 3 heterocycles. The number of hydrogen-bond acceptors (Lipinski definition) is 6. The Hall–Kier alpha value is -3.84. The molecule has 0 aliphatic carbocycles. The van der Waals surface area contributed by atoms with Crippen LogP contribution in [0.3, 0.4) is 0 Å². The van der Waals surface area contributed by atoms with Crippen LogP contribution in [0, 0.1) is 0 Å². The fourth-order valence-corrected chi connectivity index (χ4v) is 4.61. The average Bonchev–Trinajstić information content (AvgIpc) is 2.87. The van der Waals surface area contributed by atoms with Crippen molar-refractivity contribution in [1.29, 1.82) is 0 Å². The van der Waals surface area contributed by atoms with Crippen LogP contribution in [0.15, 0.2) is 67.1 Å². The van der Waals surface area contributed by atoms with E-state index in [0.29, 0.717) is 24.5 Å². The first kappa shape index (κ1) is 22.0. The third-order valence-corrected chi connectivity index (χ3v) is 6.14. The smallest absolute Gasteiger partial charge is 0.253 e. The summed E-state index contributed by atoms with van der Waals surface area (Å²) in [6, 6.07) is 18.2. The molecule has 1 aliphatic heterocycles. The maximum Gasteiger partial charge on any atom is 0.253 e. The molecule has 7 heteroatoms. The third-order valence-electron chi connectivity index (χ3n) is 6.14. The Kier molecular flexibility index (Phi) is 5.94. The Morgan fingerprint density at radius 1 is 0.941 bits per heavy atom. The highest BCUT2D eigenvalue weighted by atomic mass is 16.5. The van der Waals surface area contributed by atoms with E-state index in [1.54, 1.807) is 19.6 Å². The van der Waals surface area contributed by atoms with E-state index in [0.717, 1.165) is 33.3 Å². The number of piperazine rings is 1. The average molecular weight is 454 g/mol. The number of ether oxygens (including phenoxy) is 1. The lowest BCUT2D eigenvalue weighted by molar-refractivity contribution is 0.0674. The van der Waals surface area contributed by atoms with Gasteiger partial charge in [-0.25, -0.2) is 15.0 Å². The van der Waals surface area contributed by atoms with Crippen LogP contribution in [-0.4, -0.2) is 58.0 Å². The normalized spacial score (nSPS) is 18.1. The number of carbonyl (C=O) groups is 1. The fraction of sp³-hybridized carbons (Fsp3) is 0.259. The SMILES string of the molecule is COc1ccc(-c2ccc3ncnc(-c4cccc(C(=O)N5CC(C)NC(C)C5)c4)c3c2)cn1. The lowest BCUT2D eigenvalue weighted by atomic mass is 10.00. The first-order valence-electron chi connectivity index (χ1n) is 11.4. The van der Waals surface area contributed by atoms with Crippen molar-refractivity contribution in [3.63, 3.8) is 0 Å². The summed E-state index contributed by atoms with van der Waals surface area (Å²) in [6.07, 6.45) is 3.36. The predicted molar refractivity (Wildman–Crippen MR) is 133 cm³/mol. The summed E-state index contributed by atoms with van der Waals surface area (Å²) in [4.78, 5) is 28.6. The van der Waals surface area contributed by atoms with Gasteiger partial charge in [-0.2, -0.15) is 0 Å². The van der Waals surface area contributed by atoms with Crippen molar-refractivity contribution in [2.75, 3.05) is 20.2 Å². The van der Waals surface area contributed by atoms with Crippen LogP contribution in [0.25, 0.3) is 33.3 Å². The van der Waals surface area contributed by atoms with Crippen LogP contribution in [0.4, 0.5) is 0 Å². The van der Waals surface area contributed by atoms with Gasteiger partial charge in [-0.15, -0.1) is 0 Å². The van der Waals surface area contributed by atoms with Crippen LogP contribution in [0.5, 0.6) is 5.88 Å². The van der Waals surface area contributed by atoms with Crippen LogP contribution >= 0.6 is 0 Å². The number of aromatic nitrogens is 3. The zero-order valence-electron chi connectivity index (χ0n) is 19.5. The molecule has 0 radical (unpaired) electrons. The van der Waals surface area contributed by atoms with Gasteiger partial charge in [-0.3, -0.25) is 4.79 Å². The molecule has 1 amide bonds. The second-order valence-corrected chi connectivity index (χ2v) is 8.80. The van der Waals surface area contributed by atoms with Crippen molar-refractivity contribution >= 4 is 16.8 Å². The number of hydrogen-bond donors (Lipinski definition) is 1. The monoisotopic (exact) mass is 453 g/mol. The van der Waals surface area contributed by atoms with Crippen molar-refractivity contribution in [3.8, 4) is 28.3 Å². The molecule has 5 rings (SSSR count). The summed E-state index contributed by atoms with van der Waals surface area (Å²) < 4.78 is 5.17. The van der Waals surface area contributed by atoms with Gasteiger partial charge in [0.2, 0.25) is 5.88 Å². The number of methoxy groups -OCH3 is 1. The summed E-state index contributed by atoms with van der Waals surface area (Å²) >= 11 is 0. The predicted octanol–water partition coefficient (Wildman–Crippen LogP) is 4.19. The molecule has 1 aliphatic rings. The first-order valence-corrected chi connectivity index (χ1v) is 11.4. The van der Waals surface area contributed by atoms with Crippen LogP contribution in [0.2, 0.25) is 0 Å². The fourth-order valence-electron chi connectivity index (χ4n) is 4.61. The van der Waals surface area contributed by atoms with Gasteiger partial charge in [0.15, 0.2) is 0 Å². The van der Waals surface area contributed by atoms with E-state index in [2.05, 4.69) is 40.2 Å². The van der Waals surface area contributed by atoms with Gasteiger partial charge in [0.1, 0.15) is 6.33 Å². The van der Waals surface area contributed by atoms with Gasteiger partial charge in [0.05, 0.1) is 18.3 Å². The summed E-state index contributed by atoms with van der Waals surface area (Å²) in [5.74, 6) is 0.619. The van der Waals surface area contributed by atoms with Gasteiger partial charge >= 0.3 is 0 Å². The molecule has 1 saturated heterocycles. The molecule has 2 atom stereocenters. The number of amides is 1. The Morgan fingerprint density at radius 3 is 2.47 bits per heavy atom. The third kappa shape index (κ3) is 4.34. The lowest BCUT2D eigenvalue weighted by Gasteiger charge is -2.36. The molecule has 4 aromatic rings. The van der Waals surface area contributed by atoms with Crippen molar-refractivity contribution in [2.45, 2.75) is 25.9 Å². The minimum atomic E-state index is 0.0467. The molecule has 2 aromatic carbocycles. The van der Waals surface area contributed by atoms with Crippen LogP contribution in [0.1, 0.15) is 24.2 Å². The molecule has 2 aromatic heterocycles. The first-order chi connectivity index (χ1) is 16.5. The highest BCUT2D eigenvalue weighted by Gasteiger charge is 2.25. The Balaban J connectivity index is 1.52. The Labute approximate surface area is 198 Å². The number of fused-ring (bicyclic) bond motifs is 1. The van der Waals surface area contributed by atoms with E-state index in [1.165, 1.54) is 0 Å². The number of rotatable bonds is 4. The van der Waals surface area contributed by atoms with Gasteiger partial charge in [-0.1, -0.05) is 18.2 Å². The van der Waals surface area contributed by atoms with E-state index >= 15 is 0 Å². The molecule has 172 valence electrons. The number of carbonyl (C=O) groups excluding carboxylic acids is 1. The molecule has 0 bridgehead atoms. The van der Waals surface area contributed by atoms with Gasteiger partial charge in [0.25, 0.3) is 5.91 Å². The molecule has 2 unspecified atom stereocenters. The van der Waals surface area contributed by atoms with E-state index < -0.39 is 0 Å². The standard InChI is InChI=1S/C27H27N5O2/c1-17-14-32(15-18(2)31-17)27(33)21-6-4-5-20(11-21)26-23-12-19(7-9-24(23)29-16-30-26)22-8-10-25(34-3)28-13-22/h4-13,16-18,31H,14-15H2,1-3H3. The van der Waals surface area contributed by atoms with Gasteiger partial charge in [0, 0.05) is 59.5 Å². The minimum Gasteiger partial charge on any atom is -0.481 e. The topological polar surface area (TPSA) is 80.2 Å². The lowest BCUT2D eigenvalue weighted by Crippen LogP contribution is -2.55. The molecule has 1 fully saturated rings. The highest BCUT2D eigenvalue weighted by Crippen LogP contribution is 2.30. The maximum atomic E-state index is 13.3. The number of nitrogens with zero attached hydrogens (tertiary/aromatic N) is 4. The highest BCUT2D eigenvalue weighted by molar-refractivity contribution is 5.98.